The van der Waals surface area contributed by atoms with Crippen LogP contribution in [0.15, 0.2) is 154 Å². The number of rotatable bonds is 3. The molecule has 0 atom stereocenters. The molecule has 0 unspecified atom stereocenters. The highest BCUT2D eigenvalue weighted by Gasteiger charge is 2.50. The van der Waals surface area contributed by atoms with Gasteiger partial charge in [0.15, 0.2) is 11.5 Å². The molecule has 0 saturated carbocycles. The van der Waals surface area contributed by atoms with Crippen molar-refractivity contribution in [3.05, 3.63) is 196 Å². The molecule has 400 valence electrons. The van der Waals surface area contributed by atoms with E-state index < -0.39 is 0 Å². The summed E-state index contributed by atoms with van der Waals surface area (Å²) in [6.45, 7) is 18.6. The summed E-state index contributed by atoms with van der Waals surface area (Å²) in [5, 5.41) is 5.83. The Labute approximate surface area is 487 Å². The van der Waals surface area contributed by atoms with Gasteiger partial charge in [-0.25, -0.2) is 0 Å². The van der Waals surface area contributed by atoms with Crippen molar-refractivity contribution >= 4 is 103 Å². The molecule has 0 aliphatic carbocycles. The van der Waals surface area contributed by atoms with Crippen molar-refractivity contribution in [3.63, 3.8) is 0 Å². The first-order valence-electron chi connectivity index (χ1n) is 29.1. The fourth-order valence-electron chi connectivity index (χ4n) is 15.8. The van der Waals surface area contributed by atoms with Gasteiger partial charge >= 0.3 is 13.4 Å². The lowest BCUT2D eigenvalue weighted by Crippen LogP contribution is -2.63. The molecule has 11 heteroatoms. The van der Waals surface area contributed by atoms with Crippen LogP contribution in [0, 0.1) is 62.3 Å². The van der Waals surface area contributed by atoms with Crippen molar-refractivity contribution in [2.24, 2.45) is 0 Å². The Balaban J connectivity index is 0.870. The lowest BCUT2D eigenvalue weighted by molar-refractivity contribution is 0.450. The molecule has 0 amide bonds. The fourth-order valence-corrected chi connectivity index (χ4v) is 15.8. The summed E-state index contributed by atoms with van der Waals surface area (Å²) < 4.78 is 50.1. The van der Waals surface area contributed by atoms with Crippen LogP contribution in [0.25, 0.3) is 55.3 Å². The van der Waals surface area contributed by atoms with Crippen molar-refractivity contribution < 1.29 is 32.5 Å². The van der Waals surface area contributed by atoms with Crippen LogP contribution in [0.5, 0.6) is 57.5 Å². The molecule has 0 bridgehead atoms. The summed E-state index contributed by atoms with van der Waals surface area (Å²) >= 11 is 0. The Hall–Kier alpha value is -9.73. The third kappa shape index (κ3) is 6.58. The van der Waals surface area contributed by atoms with Crippen molar-refractivity contribution in [3.8, 4) is 90.9 Å². The van der Waals surface area contributed by atoms with Gasteiger partial charge in [0.05, 0.1) is 10.8 Å². The molecule has 0 saturated heterocycles. The molecule has 1 N–H and O–H groups in total. The highest BCUT2D eigenvalue weighted by molar-refractivity contribution is 7.02. The highest BCUT2D eigenvalue weighted by Crippen LogP contribution is 2.47. The van der Waals surface area contributed by atoms with Crippen molar-refractivity contribution in [2.75, 3.05) is 5.32 Å². The SMILES string of the molecule is Cc1cc(C)c(-c2cc3c4c(c2)Oc2c(oc5ccccc25)B4c2cc4c(cc2N3)Oc2cc(-c3c(C)cc(C)cc3C)cc3c2B4c2cc4c(cc2O3)Oc2cc(-c3c(C)cc(C)cc3C)cc3c2B4c2oc4ccccc4c2O3)c(C)c1. The van der Waals surface area contributed by atoms with E-state index in [-0.39, 0.29) is 20.1 Å². The molecule has 12 aromatic rings. The van der Waals surface area contributed by atoms with Crippen LogP contribution in [0.2, 0.25) is 0 Å². The number of aryl methyl sites for hydroxylation is 9. The molecule has 0 fully saturated rings. The Bertz CT molecular complexity index is 4720. The molecule has 6 aliphatic rings. The molecule has 84 heavy (non-hydrogen) atoms. The van der Waals surface area contributed by atoms with Gasteiger partial charge in [0, 0.05) is 39.9 Å². The van der Waals surface area contributed by atoms with Crippen LogP contribution in [0.4, 0.5) is 11.4 Å². The Kier molecular flexibility index (Phi) is 9.53. The number of hydrogen-bond donors (Lipinski definition) is 1. The molecular weight excluding hydrogens is 1040 g/mol. The number of anilines is 2. The normalized spacial score (nSPS) is 13.8. The minimum Gasteiger partial charge on any atom is -0.466 e. The van der Waals surface area contributed by atoms with E-state index in [2.05, 4.69) is 183 Å². The average molecular weight is 1090 g/mol. The number of furan rings is 2. The van der Waals surface area contributed by atoms with E-state index in [1.807, 2.05) is 30.3 Å². The zero-order valence-corrected chi connectivity index (χ0v) is 47.9. The predicted molar refractivity (Wildman–Crippen MR) is 341 cm³/mol. The Morgan fingerprint density at radius 1 is 0.310 bits per heavy atom. The van der Waals surface area contributed by atoms with Gasteiger partial charge in [-0.05, 0) is 212 Å². The van der Waals surface area contributed by atoms with Crippen LogP contribution in [0.3, 0.4) is 0 Å². The molecule has 2 aromatic heterocycles. The van der Waals surface area contributed by atoms with Gasteiger partial charge in [-0.15, -0.1) is 0 Å². The summed E-state index contributed by atoms with van der Waals surface area (Å²) in [5.41, 5.74) is 29.5. The molecule has 18 rings (SSSR count). The second-order valence-corrected chi connectivity index (χ2v) is 24.5. The van der Waals surface area contributed by atoms with Crippen LogP contribution in [-0.4, -0.2) is 20.1 Å². The summed E-state index contributed by atoms with van der Waals surface area (Å²) in [4.78, 5) is 0. The van der Waals surface area contributed by atoms with E-state index in [0.29, 0.717) is 11.5 Å². The minimum absolute atomic E-state index is 0.310. The van der Waals surface area contributed by atoms with Crippen LogP contribution >= 0.6 is 0 Å². The monoisotopic (exact) mass is 1090 g/mol. The van der Waals surface area contributed by atoms with Gasteiger partial charge < -0.3 is 37.8 Å². The maximum absolute atomic E-state index is 7.37. The Morgan fingerprint density at radius 2 is 0.679 bits per heavy atom. The second-order valence-electron chi connectivity index (χ2n) is 24.5. The molecule has 8 heterocycles. The quantitative estimate of drug-likeness (QED) is 0.175. The average Bonchev–Trinajstić information content (AvgIpc) is 1.10. The third-order valence-corrected chi connectivity index (χ3v) is 18.7. The van der Waals surface area contributed by atoms with E-state index in [4.69, 9.17) is 32.5 Å². The number of ether oxygens (including phenoxy) is 5. The lowest BCUT2D eigenvalue weighted by Gasteiger charge is -2.38. The van der Waals surface area contributed by atoms with Gasteiger partial charge in [0.25, 0.3) is 6.71 Å². The summed E-state index contributed by atoms with van der Waals surface area (Å²) in [6, 6.07) is 52.2. The van der Waals surface area contributed by atoms with Crippen molar-refractivity contribution in [2.45, 2.75) is 62.3 Å². The third-order valence-electron chi connectivity index (χ3n) is 18.7. The van der Waals surface area contributed by atoms with Gasteiger partial charge in [-0.1, -0.05) is 89.5 Å². The fraction of sp³-hybridized carbons (Fsp3) is 0.123. The van der Waals surface area contributed by atoms with Gasteiger partial charge in [0.2, 0.25) is 0 Å². The van der Waals surface area contributed by atoms with E-state index in [1.54, 1.807) is 0 Å². The van der Waals surface area contributed by atoms with Crippen molar-refractivity contribution in [1.29, 1.82) is 0 Å². The summed E-state index contributed by atoms with van der Waals surface area (Å²) in [6.07, 6.45) is 0. The van der Waals surface area contributed by atoms with Crippen LogP contribution in [0.1, 0.15) is 50.1 Å². The highest BCUT2D eigenvalue weighted by atomic mass is 16.5. The number of benzene rings is 10. The van der Waals surface area contributed by atoms with E-state index in [0.717, 1.165) is 157 Å². The first-order chi connectivity index (χ1) is 40.8. The van der Waals surface area contributed by atoms with Gasteiger partial charge in [-0.3, -0.25) is 0 Å². The van der Waals surface area contributed by atoms with Gasteiger partial charge in [-0.2, -0.15) is 0 Å². The number of para-hydroxylation sites is 2. The molecule has 0 spiro atoms. The lowest BCUT2D eigenvalue weighted by atomic mass is 9.31. The zero-order valence-electron chi connectivity index (χ0n) is 47.9. The molecule has 0 radical (unpaired) electrons. The second kappa shape index (κ2) is 16.7. The topological polar surface area (TPSA) is 84.5 Å². The molecule has 6 aliphatic heterocycles. The van der Waals surface area contributed by atoms with E-state index in [9.17, 15) is 0 Å². The smallest absolute Gasteiger partial charge is 0.305 e. The van der Waals surface area contributed by atoms with Crippen molar-refractivity contribution in [1.82, 2.24) is 0 Å². The number of fused-ring (bicyclic) bond motifs is 16. The largest absolute Gasteiger partial charge is 0.466 e. The maximum atomic E-state index is 7.37. The predicted octanol–water partition coefficient (Wildman–Crippen LogP) is 13.1. The minimum atomic E-state index is -0.363. The Morgan fingerprint density at radius 3 is 1.15 bits per heavy atom. The zero-order chi connectivity index (χ0) is 56.5. The molecular formula is C73H52B3NO7. The molecule has 8 nitrogen and oxygen atoms in total. The number of hydrogen-bond acceptors (Lipinski definition) is 8. The number of nitrogens with one attached hydrogen (secondary N) is 1. The van der Waals surface area contributed by atoms with E-state index in [1.165, 1.54) is 55.6 Å². The van der Waals surface area contributed by atoms with Crippen LogP contribution < -0.4 is 78.6 Å². The maximum Gasteiger partial charge on any atom is 0.305 e. The molecule has 10 aromatic carbocycles. The summed E-state index contributed by atoms with van der Waals surface area (Å²) in [7, 11) is 0. The van der Waals surface area contributed by atoms with Crippen LogP contribution in [-0.2, 0) is 0 Å². The van der Waals surface area contributed by atoms with E-state index >= 15 is 0 Å². The summed E-state index contributed by atoms with van der Waals surface area (Å²) in [5.74, 6) is 7.41. The first-order valence-corrected chi connectivity index (χ1v) is 29.1. The standard InChI is InChI=1S/C73H52B3NO7/c1-34-18-37(4)64(38(5)19-34)43-24-53-67-59(25-43)81-70-46-14-10-12-16-54(46)83-72(70)75(67)48-30-49-56(32-52(48)77-53)78-60-26-44(65-39(6)20-35(2)21-40(65)7)27-61-68(60)74(49)50-31-51-58(33-57(50)79-61)80-62-28-45(66-41(8)22-36(3)23-42(66)9)29-63-69(62)76(51)73-71(82-63)47-15-11-13-17-55(47)84-73/h10-33,77H,1-9H3. The first kappa shape index (κ1) is 47.9. The van der Waals surface area contributed by atoms with Gasteiger partial charge in [0.1, 0.15) is 68.5 Å².